The number of amides is 1. The molecule has 2 N–H and O–H groups in total. The minimum Gasteiger partial charge on any atom is -0.393 e. The number of anilines is 2. The zero-order valence-corrected chi connectivity index (χ0v) is 13.9. The quantitative estimate of drug-likeness (QED) is 0.876. The first-order valence-corrected chi connectivity index (χ1v) is 8.37. The van der Waals surface area contributed by atoms with Gasteiger partial charge in [-0.1, -0.05) is 13.8 Å². The lowest BCUT2D eigenvalue weighted by atomic mass is 10.0. The average Bonchev–Trinajstić information content (AvgIpc) is 2.56. The third-order valence-corrected chi connectivity index (χ3v) is 4.55. The lowest BCUT2D eigenvalue weighted by Crippen LogP contribution is -2.36. The number of nitrogens with zero attached hydrogens (tertiary/aromatic N) is 2. The van der Waals surface area contributed by atoms with Crippen molar-refractivity contribution in [1.82, 2.24) is 0 Å². The smallest absolute Gasteiger partial charge is 0.227 e. The second-order valence-electron chi connectivity index (χ2n) is 6.06. The zero-order chi connectivity index (χ0) is 16.8. The number of piperidine rings is 1. The molecular weight excluding hydrogens is 290 g/mol. The number of benzene rings is 1. The fourth-order valence-corrected chi connectivity index (χ4v) is 2.99. The SMILES string of the molecule is CCC(CC)C(=O)Nc1ccc(N2CCC(O)CC2)c(C#N)c1. The van der Waals surface area contributed by atoms with E-state index >= 15 is 0 Å². The molecule has 0 aromatic heterocycles. The maximum Gasteiger partial charge on any atom is 0.227 e. The molecule has 1 heterocycles. The van der Waals surface area contributed by atoms with Crippen LogP contribution in [0.5, 0.6) is 0 Å². The fraction of sp³-hybridized carbons (Fsp3) is 0.556. The molecule has 5 nitrogen and oxygen atoms in total. The highest BCUT2D eigenvalue weighted by Gasteiger charge is 2.20. The number of carbonyl (C=O) groups excluding carboxylic acids is 1. The van der Waals surface area contributed by atoms with Crippen molar-refractivity contribution in [3.63, 3.8) is 0 Å². The van der Waals surface area contributed by atoms with Crippen LogP contribution < -0.4 is 10.2 Å². The maximum atomic E-state index is 12.2. The van der Waals surface area contributed by atoms with E-state index in [4.69, 9.17) is 0 Å². The minimum absolute atomic E-state index is 0.00351. The Kier molecular flexibility index (Phi) is 6.00. The van der Waals surface area contributed by atoms with E-state index in [9.17, 15) is 15.2 Å². The predicted octanol–water partition coefficient (Wildman–Crippen LogP) is 2.89. The number of carbonyl (C=O) groups is 1. The van der Waals surface area contributed by atoms with Gasteiger partial charge in [-0.25, -0.2) is 0 Å². The van der Waals surface area contributed by atoms with Crippen LogP contribution in [0.2, 0.25) is 0 Å². The van der Waals surface area contributed by atoms with Gasteiger partial charge in [-0.2, -0.15) is 5.26 Å². The van der Waals surface area contributed by atoms with Crippen LogP contribution in [0.25, 0.3) is 0 Å². The summed E-state index contributed by atoms with van der Waals surface area (Å²) in [5, 5.41) is 21.9. The van der Waals surface area contributed by atoms with Crippen molar-refractivity contribution in [2.75, 3.05) is 23.3 Å². The van der Waals surface area contributed by atoms with Gasteiger partial charge in [0.2, 0.25) is 5.91 Å². The average molecular weight is 315 g/mol. The Bertz CT molecular complexity index is 582. The summed E-state index contributed by atoms with van der Waals surface area (Å²) in [4.78, 5) is 14.3. The molecule has 0 unspecified atom stereocenters. The summed E-state index contributed by atoms with van der Waals surface area (Å²) in [7, 11) is 0. The molecule has 1 fully saturated rings. The Labute approximate surface area is 137 Å². The molecule has 1 amide bonds. The first-order valence-electron chi connectivity index (χ1n) is 8.37. The summed E-state index contributed by atoms with van der Waals surface area (Å²) in [5.74, 6) is 0.0107. The van der Waals surface area contributed by atoms with Crippen LogP contribution in [0, 0.1) is 17.2 Å². The van der Waals surface area contributed by atoms with Crippen LogP contribution >= 0.6 is 0 Å². The monoisotopic (exact) mass is 315 g/mol. The highest BCUT2D eigenvalue weighted by Crippen LogP contribution is 2.27. The van der Waals surface area contributed by atoms with Gasteiger partial charge in [0.1, 0.15) is 6.07 Å². The summed E-state index contributed by atoms with van der Waals surface area (Å²) in [5.41, 5.74) is 2.10. The number of hydrogen-bond donors (Lipinski definition) is 2. The molecule has 1 aliphatic heterocycles. The molecular formula is C18H25N3O2. The summed E-state index contributed by atoms with van der Waals surface area (Å²) in [6.07, 6.45) is 2.81. The minimum atomic E-state index is -0.240. The molecule has 1 aromatic rings. The molecule has 1 aromatic carbocycles. The van der Waals surface area contributed by atoms with Crippen LogP contribution in [0.1, 0.15) is 45.1 Å². The molecule has 0 aliphatic carbocycles. The van der Waals surface area contributed by atoms with Crippen molar-refractivity contribution in [3.8, 4) is 6.07 Å². The predicted molar refractivity (Wildman–Crippen MR) is 91.3 cm³/mol. The van der Waals surface area contributed by atoms with E-state index in [0.717, 1.165) is 44.5 Å². The molecule has 1 aliphatic rings. The molecule has 0 saturated carbocycles. The lowest BCUT2D eigenvalue weighted by Gasteiger charge is -2.32. The molecule has 124 valence electrons. The number of nitrogens with one attached hydrogen (secondary N) is 1. The summed E-state index contributed by atoms with van der Waals surface area (Å²) in [6.45, 7) is 5.50. The van der Waals surface area contributed by atoms with E-state index in [2.05, 4.69) is 16.3 Å². The van der Waals surface area contributed by atoms with Crippen molar-refractivity contribution in [1.29, 1.82) is 5.26 Å². The van der Waals surface area contributed by atoms with Crippen LogP contribution in [-0.4, -0.2) is 30.2 Å². The molecule has 5 heteroatoms. The molecule has 2 rings (SSSR count). The number of rotatable bonds is 5. The first kappa shape index (κ1) is 17.3. The highest BCUT2D eigenvalue weighted by molar-refractivity contribution is 5.93. The fourth-order valence-electron chi connectivity index (χ4n) is 2.99. The van der Waals surface area contributed by atoms with Crippen LogP contribution in [0.3, 0.4) is 0 Å². The summed E-state index contributed by atoms with van der Waals surface area (Å²) in [6, 6.07) is 7.69. The van der Waals surface area contributed by atoms with Crippen molar-refractivity contribution in [3.05, 3.63) is 23.8 Å². The van der Waals surface area contributed by atoms with Gasteiger partial charge in [0.25, 0.3) is 0 Å². The molecule has 0 spiro atoms. The molecule has 23 heavy (non-hydrogen) atoms. The topological polar surface area (TPSA) is 76.4 Å². The van der Waals surface area contributed by atoms with Crippen molar-refractivity contribution in [2.24, 2.45) is 5.92 Å². The number of aliphatic hydroxyl groups excluding tert-OH is 1. The Morgan fingerprint density at radius 2 is 2.04 bits per heavy atom. The van der Waals surface area contributed by atoms with Gasteiger partial charge < -0.3 is 15.3 Å². The molecule has 0 radical (unpaired) electrons. The van der Waals surface area contributed by atoms with Crippen LogP contribution in [0.15, 0.2) is 18.2 Å². The third kappa shape index (κ3) is 4.23. The summed E-state index contributed by atoms with van der Waals surface area (Å²) >= 11 is 0. The standard InChI is InChI=1S/C18H25N3O2/c1-3-13(4-2)18(23)20-15-5-6-17(14(11-15)12-19)21-9-7-16(22)8-10-21/h5-6,11,13,16,22H,3-4,7-10H2,1-2H3,(H,20,23). The number of hydrogen-bond acceptors (Lipinski definition) is 4. The Hall–Kier alpha value is -2.06. The van der Waals surface area contributed by atoms with E-state index in [-0.39, 0.29) is 17.9 Å². The van der Waals surface area contributed by atoms with Crippen molar-refractivity contribution < 1.29 is 9.90 Å². The highest BCUT2D eigenvalue weighted by atomic mass is 16.3. The first-order chi connectivity index (χ1) is 11.1. The Balaban J connectivity index is 2.13. The second-order valence-corrected chi connectivity index (χ2v) is 6.06. The Morgan fingerprint density at radius 3 is 2.61 bits per heavy atom. The van der Waals surface area contributed by atoms with E-state index < -0.39 is 0 Å². The van der Waals surface area contributed by atoms with Gasteiger partial charge in [-0.15, -0.1) is 0 Å². The van der Waals surface area contributed by atoms with Crippen LogP contribution in [0.4, 0.5) is 11.4 Å². The number of nitriles is 1. The van der Waals surface area contributed by atoms with E-state index in [0.29, 0.717) is 11.3 Å². The molecule has 1 saturated heterocycles. The largest absolute Gasteiger partial charge is 0.393 e. The molecule has 0 atom stereocenters. The van der Waals surface area contributed by atoms with Crippen molar-refractivity contribution in [2.45, 2.75) is 45.6 Å². The van der Waals surface area contributed by atoms with E-state index in [1.807, 2.05) is 26.0 Å². The van der Waals surface area contributed by atoms with Gasteiger partial charge in [0.05, 0.1) is 17.4 Å². The van der Waals surface area contributed by atoms with Gasteiger partial charge >= 0.3 is 0 Å². The van der Waals surface area contributed by atoms with E-state index in [1.165, 1.54) is 0 Å². The number of aliphatic hydroxyl groups is 1. The van der Waals surface area contributed by atoms with Gasteiger partial charge in [-0.3, -0.25) is 4.79 Å². The third-order valence-electron chi connectivity index (χ3n) is 4.55. The van der Waals surface area contributed by atoms with Crippen LogP contribution in [-0.2, 0) is 4.79 Å². The van der Waals surface area contributed by atoms with Gasteiger partial charge in [0.15, 0.2) is 0 Å². The maximum absolute atomic E-state index is 12.2. The summed E-state index contributed by atoms with van der Waals surface area (Å²) < 4.78 is 0. The van der Waals surface area contributed by atoms with Crippen molar-refractivity contribution >= 4 is 17.3 Å². The Morgan fingerprint density at radius 1 is 1.39 bits per heavy atom. The normalized spacial score (nSPS) is 15.5. The van der Waals surface area contributed by atoms with E-state index in [1.54, 1.807) is 6.07 Å². The zero-order valence-electron chi connectivity index (χ0n) is 13.9. The van der Waals surface area contributed by atoms with Gasteiger partial charge in [0, 0.05) is 24.7 Å². The lowest BCUT2D eigenvalue weighted by molar-refractivity contribution is -0.120. The second kappa shape index (κ2) is 7.98. The van der Waals surface area contributed by atoms with Gasteiger partial charge in [-0.05, 0) is 43.9 Å². The molecule has 0 bridgehead atoms.